The van der Waals surface area contributed by atoms with E-state index in [9.17, 15) is 4.79 Å². The van der Waals surface area contributed by atoms with Crippen LogP contribution in [-0.2, 0) is 9.63 Å². The zero-order chi connectivity index (χ0) is 28.0. The molecule has 0 saturated carbocycles. The number of aromatic nitrogens is 2. The number of aromatic amines is 1. The highest BCUT2D eigenvalue weighted by molar-refractivity contribution is 7.80. The average Bonchev–Trinajstić information content (AvgIpc) is 3.36. The number of fused-ring (bicyclic) bond motifs is 1. The fraction of sp³-hybridized carbons (Fsp3) is 0.645. The minimum Gasteiger partial charge on any atom is -0.375 e. The van der Waals surface area contributed by atoms with Crippen LogP contribution in [0.2, 0.25) is 0 Å². The van der Waals surface area contributed by atoms with Gasteiger partial charge in [0.05, 0.1) is 17.6 Å². The molecule has 0 amide bonds. The normalized spacial score (nSPS) is 15.9. The molecule has 2 atom stereocenters. The third-order valence-electron chi connectivity index (χ3n) is 7.52. The summed E-state index contributed by atoms with van der Waals surface area (Å²) >= 11 is 5.63. The Balaban J connectivity index is 1.57. The number of unbranched alkanes of at least 4 members (excludes halogenated alkanes) is 6. The van der Waals surface area contributed by atoms with Gasteiger partial charge in [0, 0.05) is 36.7 Å². The van der Waals surface area contributed by atoms with E-state index in [-0.39, 0.29) is 5.97 Å². The van der Waals surface area contributed by atoms with Crippen molar-refractivity contribution in [1.29, 1.82) is 0 Å². The number of nitrogens with zero attached hydrogens (tertiary/aromatic N) is 3. The van der Waals surface area contributed by atoms with Crippen LogP contribution in [0.25, 0.3) is 11.0 Å². The molecule has 0 fully saturated rings. The van der Waals surface area contributed by atoms with Crippen molar-refractivity contribution in [2.24, 2.45) is 0 Å². The van der Waals surface area contributed by atoms with Crippen molar-refractivity contribution in [1.82, 2.24) is 19.9 Å². The van der Waals surface area contributed by atoms with Crippen LogP contribution in [-0.4, -0.2) is 50.1 Å². The van der Waals surface area contributed by atoms with E-state index in [0.29, 0.717) is 35.9 Å². The van der Waals surface area contributed by atoms with Gasteiger partial charge < -0.3 is 20.0 Å². The van der Waals surface area contributed by atoms with Crippen molar-refractivity contribution in [3.8, 4) is 0 Å². The lowest BCUT2D eigenvalue weighted by Gasteiger charge is -2.32. The van der Waals surface area contributed by atoms with Crippen LogP contribution < -0.4 is 5.32 Å². The van der Waals surface area contributed by atoms with Gasteiger partial charge in [-0.15, -0.1) is 0 Å². The van der Waals surface area contributed by atoms with Crippen LogP contribution >= 0.6 is 12.2 Å². The summed E-state index contributed by atoms with van der Waals surface area (Å²) in [5.41, 5.74) is 3.15. The molecule has 0 saturated heterocycles. The van der Waals surface area contributed by atoms with Gasteiger partial charge in [0.2, 0.25) is 5.11 Å². The predicted molar refractivity (Wildman–Crippen MR) is 166 cm³/mol. The van der Waals surface area contributed by atoms with E-state index in [1.807, 2.05) is 19.1 Å². The molecule has 2 unspecified atom stereocenters. The van der Waals surface area contributed by atoms with Crippen molar-refractivity contribution >= 4 is 40.2 Å². The van der Waals surface area contributed by atoms with Gasteiger partial charge in [-0.1, -0.05) is 71.8 Å². The number of carbonyl (C=O) groups is 1. The molecule has 2 aromatic rings. The maximum atomic E-state index is 12.5. The molecule has 7 nitrogen and oxygen atoms in total. The number of carbonyl (C=O) groups excluding carboxylic acids is 1. The summed E-state index contributed by atoms with van der Waals surface area (Å²) in [5.74, 6) is 0.738. The van der Waals surface area contributed by atoms with Gasteiger partial charge >= 0.3 is 5.97 Å². The molecule has 3 rings (SSSR count). The fourth-order valence-corrected chi connectivity index (χ4v) is 5.45. The van der Waals surface area contributed by atoms with Gasteiger partial charge in [-0.25, -0.2) is 9.78 Å². The largest absolute Gasteiger partial charge is 0.375 e. The number of hydrogen-bond donors (Lipinski definition) is 2. The summed E-state index contributed by atoms with van der Waals surface area (Å²) in [6.07, 6.45) is 19.5. The van der Waals surface area contributed by atoms with Gasteiger partial charge in [-0.2, -0.15) is 5.06 Å². The van der Waals surface area contributed by atoms with E-state index in [2.05, 4.69) is 54.4 Å². The van der Waals surface area contributed by atoms with Crippen LogP contribution in [0.3, 0.4) is 0 Å². The monoisotopic (exact) mass is 555 g/mol. The van der Waals surface area contributed by atoms with E-state index in [0.717, 1.165) is 43.3 Å². The quantitative estimate of drug-likeness (QED) is 0.131. The number of hydrogen-bond acceptors (Lipinski definition) is 5. The number of hydroxylamine groups is 2. The fourth-order valence-electron chi connectivity index (χ4n) is 5.21. The Kier molecular flexibility index (Phi) is 13.1. The minimum absolute atomic E-state index is 0.233. The lowest BCUT2D eigenvalue weighted by molar-refractivity contribution is -0.172. The summed E-state index contributed by atoms with van der Waals surface area (Å²) in [7, 11) is 0. The molecular formula is C31H49N5O2S. The Hall–Kier alpha value is -2.61. The molecule has 2 aromatic heterocycles. The first kappa shape index (κ1) is 30.9. The second-order valence-electron chi connectivity index (χ2n) is 10.8. The van der Waals surface area contributed by atoms with E-state index < -0.39 is 0 Å². The van der Waals surface area contributed by atoms with Crippen molar-refractivity contribution < 1.29 is 9.63 Å². The Morgan fingerprint density at radius 1 is 1.15 bits per heavy atom. The van der Waals surface area contributed by atoms with Gasteiger partial charge in [-0.05, 0) is 63.2 Å². The SMILES string of the molecule is CCCCCCCCCC(=O)ON(CCC)C(=S)Nc1ccc2[nH]cc(C3C=CN(C(C)CCC)CC3)c2n1. The lowest BCUT2D eigenvalue weighted by atomic mass is 9.94. The molecule has 1 aliphatic rings. The molecule has 3 heterocycles. The van der Waals surface area contributed by atoms with Crippen LogP contribution in [0.4, 0.5) is 5.82 Å². The Morgan fingerprint density at radius 3 is 2.62 bits per heavy atom. The number of anilines is 1. The first-order valence-electron chi connectivity index (χ1n) is 15.2. The van der Waals surface area contributed by atoms with Crippen molar-refractivity contribution in [2.45, 2.75) is 117 Å². The number of H-pyrrole nitrogens is 1. The maximum Gasteiger partial charge on any atom is 0.332 e. The number of allylic oxidation sites excluding steroid dienone is 1. The molecule has 0 bridgehead atoms. The molecule has 8 heteroatoms. The number of nitrogens with one attached hydrogen (secondary N) is 2. The third kappa shape index (κ3) is 9.52. The Morgan fingerprint density at radius 2 is 1.92 bits per heavy atom. The minimum atomic E-state index is -0.233. The maximum absolute atomic E-state index is 12.5. The summed E-state index contributed by atoms with van der Waals surface area (Å²) in [6.45, 7) is 10.4. The number of pyridine rings is 1. The number of thiocarbonyl (C=S) groups is 1. The Labute approximate surface area is 240 Å². The highest BCUT2D eigenvalue weighted by atomic mass is 32.1. The molecule has 0 radical (unpaired) electrons. The Bertz CT molecular complexity index is 1070. The molecule has 0 aliphatic carbocycles. The summed E-state index contributed by atoms with van der Waals surface area (Å²) in [4.78, 5) is 28.9. The standard InChI is InChI=1S/C31H49N5O2S/c1-5-8-9-10-11-12-13-15-29(37)38-36(20-7-3)31(39)34-28-17-16-27-30(33-28)26(23-32-27)25-18-21-35(22-19-25)24(4)14-6-2/h16-18,21,23-25,32H,5-15,19-20,22H2,1-4H3,(H,33,34,39). The van der Waals surface area contributed by atoms with Crippen molar-refractivity contribution in [3.63, 3.8) is 0 Å². The second kappa shape index (κ2) is 16.5. The van der Waals surface area contributed by atoms with Gasteiger partial charge in [0.1, 0.15) is 5.82 Å². The average molecular weight is 556 g/mol. The van der Waals surface area contributed by atoms with E-state index in [1.54, 1.807) is 0 Å². The molecule has 2 N–H and O–H groups in total. The zero-order valence-electron chi connectivity index (χ0n) is 24.5. The smallest absolute Gasteiger partial charge is 0.332 e. The molecule has 216 valence electrons. The lowest BCUT2D eigenvalue weighted by Crippen LogP contribution is -2.37. The first-order chi connectivity index (χ1) is 19.0. The molecule has 39 heavy (non-hydrogen) atoms. The van der Waals surface area contributed by atoms with Crippen molar-refractivity contribution in [2.75, 3.05) is 18.4 Å². The van der Waals surface area contributed by atoms with Gasteiger partial charge in [0.25, 0.3) is 0 Å². The topological polar surface area (TPSA) is 73.5 Å². The third-order valence-corrected chi connectivity index (χ3v) is 7.82. The van der Waals surface area contributed by atoms with Crippen LogP contribution in [0.1, 0.15) is 116 Å². The van der Waals surface area contributed by atoms with Crippen LogP contribution in [0.15, 0.2) is 30.6 Å². The van der Waals surface area contributed by atoms with E-state index in [4.69, 9.17) is 22.0 Å². The van der Waals surface area contributed by atoms with Gasteiger partial charge in [0.15, 0.2) is 0 Å². The van der Waals surface area contributed by atoms with Crippen LogP contribution in [0.5, 0.6) is 0 Å². The second-order valence-corrected chi connectivity index (χ2v) is 11.2. The highest BCUT2D eigenvalue weighted by Gasteiger charge is 2.22. The first-order valence-corrected chi connectivity index (χ1v) is 15.6. The van der Waals surface area contributed by atoms with E-state index >= 15 is 0 Å². The number of rotatable bonds is 15. The summed E-state index contributed by atoms with van der Waals surface area (Å²) in [5, 5.41) is 5.06. The van der Waals surface area contributed by atoms with Gasteiger partial charge in [-0.3, -0.25) is 0 Å². The predicted octanol–water partition coefficient (Wildman–Crippen LogP) is 8.06. The highest BCUT2D eigenvalue weighted by Crippen LogP contribution is 2.32. The summed E-state index contributed by atoms with van der Waals surface area (Å²) < 4.78 is 0. The molecule has 1 aliphatic heterocycles. The van der Waals surface area contributed by atoms with E-state index in [1.165, 1.54) is 55.6 Å². The zero-order valence-corrected chi connectivity index (χ0v) is 25.3. The van der Waals surface area contributed by atoms with Crippen molar-refractivity contribution in [3.05, 3.63) is 36.2 Å². The molecular weight excluding hydrogens is 506 g/mol. The molecule has 0 aromatic carbocycles. The molecule has 0 spiro atoms. The summed E-state index contributed by atoms with van der Waals surface area (Å²) in [6, 6.07) is 4.50. The van der Waals surface area contributed by atoms with Crippen LogP contribution in [0, 0.1) is 0 Å².